The molecule has 0 bridgehead atoms. The molecule has 1 aliphatic heterocycles. The molecule has 2 aromatic carbocycles. The van der Waals surface area contributed by atoms with Gasteiger partial charge in [0.15, 0.2) is 5.78 Å². The number of quaternary nitrogens is 1. The lowest BCUT2D eigenvalue weighted by Gasteiger charge is -2.46. The van der Waals surface area contributed by atoms with Crippen molar-refractivity contribution in [3.63, 3.8) is 0 Å². The van der Waals surface area contributed by atoms with E-state index in [9.17, 15) is 4.79 Å². The third-order valence-electron chi connectivity index (χ3n) is 7.05. The molecule has 0 radical (unpaired) electrons. The number of aryl methyl sites for hydroxylation is 3. The molecule has 2 aromatic rings. The first-order valence-electron chi connectivity index (χ1n) is 11.5. The van der Waals surface area contributed by atoms with E-state index in [-0.39, 0.29) is 23.0 Å². The van der Waals surface area contributed by atoms with E-state index in [0.29, 0.717) is 12.2 Å². The van der Waals surface area contributed by atoms with Gasteiger partial charge in [-0.25, -0.2) is 0 Å². The number of carbonyl (C=O) groups is 1. The summed E-state index contributed by atoms with van der Waals surface area (Å²) in [5.74, 6) is 0.428. The fourth-order valence-corrected chi connectivity index (χ4v) is 5.31. The number of carbonyl (C=O) groups excluding carboxylic acids is 1. The Bertz CT molecular complexity index is 801. The van der Waals surface area contributed by atoms with E-state index in [1.165, 1.54) is 47.1 Å². The monoisotopic (exact) mass is 471 g/mol. The van der Waals surface area contributed by atoms with Gasteiger partial charge in [0.2, 0.25) is 0 Å². The molecule has 2 nitrogen and oxygen atoms in total. The molecule has 3 heteroatoms. The summed E-state index contributed by atoms with van der Waals surface area (Å²) in [7, 11) is 0. The van der Waals surface area contributed by atoms with Crippen molar-refractivity contribution in [2.24, 2.45) is 0 Å². The molecule has 0 saturated carbocycles. The molecule has 0 spiro atoms. The van der Waals surface area contributed by atoms with Crippen LogP contribution in [0.1, 0.15) is 67.3 Å². The van der Waals surface area contributed by atoms with Crippen molar-refractivity contribution in [3.8, 4) is 0 Å². The lowest BCUT2D eigenvalue weighted by molar-refractivity contribution is -0.959. The van der Waals surface area contributed by atoms with Crippen LogP contribution in [0.4, 0.5) is 0 Å². The maximum atomic E-state index is 13.6. The Morgan fingerprint density at radius 3 is 2.00 bits per heavy atom. The molecule has 1 aliphatic rings. The highest BCUT2D eigenvalue weighted by Gasteiger charge is 2.41. The van der Waals surface area contributed by atoms with Crippen molar-refractivity contribution in [1.29, 1.82) is 0 Å². The largest absolute Gasteiger partial charge is 1.00 e. The van der Waals surface area contributed by atoms with Gasteiger partial charge in [0.05, 0.1) is 13.1 Å². The summed E-state index contributed by atoms with van der Waals surface area (Å²) < 4.78 is 0.950. The first kappa shape index (κ1) is 24.8. The van der Waals surface area contributed by atoms with Gasteiger partial charge < -0.3 is 21.5 Å². The average Bonchev–Trinajstić information content (AvgIpc) is 2.72. The summed E-state index contributed by atoms with van der Waals surface area (Å²) >= 11 is 0. The zero-order chi connectivity index (χ0) is 20.9. The number of nitrogens with zero attached hydrogens (tertiary/aromatic N) is 1. The number of Topliss-reactive ketones (excluding diaryl/α,β-unsaturated/α-hetero) is 1. The molecule has 1 unspecified atom stereocenters. The molecule has 1 heterocycles. The molecule has 0 N–H and O–H groups in total. The van der Waals surface area contributed by atoms with Gasteiger partial charge in [0, 0.05) is 18.4 Å². The topological polar surface area (TPSA) is 17.1 Å². The second-order valence-corrected chi connectivity index (χ2v) is 8.99. The number of halogens is 1. The SMILES string of the molecule is CCc1ccc(C[N+]2(C(CC)C(=O)Cc3c(C)cccc3C)CCCCC2)cc1.[Br-]. The molecule has 0 aromatic heterocycles. The molecular formula is C27H38BrNO. The smallest absolute Gasteiger partial charge is 0.194 e. The van der Waals surface area contributed by atoms with Crippen LogP contribution in [-0.2, 0) is 24.2 Å². The first-order chi connectivity index (χ1) is 14.0. The van der Waals surface area contributed by atoms with Crippen molar-refractivity contribution in [1.82, 2.24) is 0 Å². The van der Waals surface area contributed by atoms with Crippen LogP contribution in [0.15, 0.2) is 42.5 Å². The van der Waals surface area contributed by atoms with Crippen LogP contribution in [0.3, 0.4) is 0 Å². The highest BCUT2D eigenvalue weighted by Crippen LogP contribution is 2.30. The van der Waals surface area contributed by atoms with Crippen molar-refractivity contribution in [2.75, 3.05) is 13.1 Å². The van der Waals surface area contributed by atoms with E-state index in [2.05, 4.69) is 70.2 Å². The Balaban J connectivity index is 0.00000320. The maximum Gasteiger partial charge on any atom is 0.194 e. The highest BCUT2D eigenvalue weighted by atomic mass is 79.9. The maximum absolute atomic E-state index is 13.6. The highest BCUT2D eigenvalue weighted by molar-refractivity contribution is 5.85. The Morgan fingerprint density at radius 1 is 0.900 bits per heavy atom. The summed E-state index contributed by atoms with van der Waals surface area (Å²) in [4.78, 5) is 13.6. The third-order valence-corrected chi connectivity index (χ3v) is 7.05. The van der Waals surface area contributed by atoms with Crippen LogP contribution in [0.25, 0.3) is 0 Å². The molecule has 0 amide bonds. The van der Waals surface area contributed by atoms with Gasteiger partial charge in [0.25, 0.3) is 0 Å². The molecule has 1 saturated heterocycles. The lowest BCUT2D eigenvalue weighted by atomic mass is 9.91. The van der Waals surface area contributed by atoms with Crippen LogP contribution in [0.2, 0.25) is 0 Å². The van der Waals surface area contributed by atoms with Gasteiger partial charge in [-0.3, -0.25) is 4.79 Å². The van der Waals surface area contributed by atoms with Gasteiger partial charge in [-0.05, 0) is 61.8 Å². The van der Waals surface area contributed by atoms with E-state index in [0.717, 1.165) is 37.0 Å². The van der Waals surface area contributed by atoms with Gasteiger partial charge in [-0.15, -0.1) is 0 Å². The van der Waals surface area contributed by atoms with Gasteiger partial charge in [-0.2, -0.15) is 0 Å². The third kappa shape index (κ3) is 5.62. The number of benzene rings is 2. The van der Waals surface area contributed by atoms with Crippen LogP contribution in [0.5, 0.6) is 0 Å². The average molecular weight is 473 g/mol. The van der Waals surface area contributed by atoms with Crippen LogP contribution in [-0.4, -0.2) is 29.4 Å². The minimum Gasteiger partial charge on any atom is -1.00 e. The van der Waals surface area contributed by atoms with Gasteiger partial charge in [-0.1, -0.05) is 56.3 Å². The number of hydrogen-bond acceptors (Lipinski definition) is 1. The minimum absolute atomic E-state index is 0. The molecular weight excluding hydrogens is 434 g/mol. The van der Waals surface area contributed by atoms with Crippen molar-refractivity contribution in [3.05, 3.63) is 70.3 Å². The van der Waals surface area contributed by atoms with E-state index in [1.54, 1.807) is 0 Å². The van der Waals surface area contributed by atoms with E-state index < -0.39 is 0 Å². The quantitative estimate of drug-likeness (QED) is 0.540. The van der Waals surface area contributed by atoms with Crippen molar-refractivity contribution >= 4 is 5.78 Å². The van der Waals surface area contributed by atoms with Crippen LogP contribution in [0, 0.1) is 13.8 Å². The summed E-state index contributed by atoms with van der Waals surface area (Å²) in [6.07, 6.45) is 6.35. The number of ketones is 1. The second kappa shape index (κ2) is 11.2. The first-order valence-corrected chi connectivity index (χ1v) is 11.5. The van der Waals surface area contributed by atoms with E-state index in [4.69, 9.17) is 0 Å². The summed E-state index contributed by atoms with van der Waals surface area (Å²) in [5, 5.41) is 0. The molecule has 1 atom stereocenters. The number of rotatable bonds is 8. The van der Waals surface area contributed by atoms with Crippen molar-refractivity contribution in [2.45, 2.75) is 78.8 Å². The Morgan fingerprint density at radius 2 is 1.47 bits per heavy atom. The standard InChI is InChI=1S/C27H38NO.BrH/c1-5-23-13-15-24(16-14-23)20-28(17-8-7-9-18-28)26(6-2)27(29)19-25-21(3)11-10-12-22(25)4;/h10-16,26H,5-9,17-20H2,1-4H3;1H/q+1;/p-1. The Kier molecular flexibility index (Phi) is 9.31. The normalized spacial score (nSPS) is 16.5. The Labute approximate surface area is 194 Å². The molecule has 30 heavy (non-hydrogen) atoms. The van der Waals surface area contributed by atoms with Crippen LogP contribution < -0.4 is 17.0 Å². The zero-order valence-corrected chi connectivity index (χ0v) is 20.8. The van der Waals surface area contributed by atoms with E-state index >= 15 is 0 Å². The molecule has 1 fully saturated rings. The van der Waals surface area contributed by atoms with Gasteiger partial charge >= 0.3 is 0 Å². The summed E-state index contributed by atoms with van der Waals surface area (Å²) in [6, 6.07) is 15.6. The number of hydrogen-bond donors (Lipinski definition) is 0. The summed E-state index contributed by atoms with van der Waals surface area (Å²) in [6.45, 7) is 11.9. The number of likely N-dealkylation sites (tertiary alicyclic amines) is 1. The van der Waals surface area contributed by atoms with Crippen LogP contribution >= 0.6 is 0 Å². The zero-order valence-electron chi connectivity index (χ0n) is 19.2. The van der Waals surface area contributed by atoms with Crippen molar-refractivity contribution < 1.29 is 26.3 Å². The number of piperidine rings is 1. The molecule has 3 rings (SSSR count). The molecule has 164 valence electrons. The fraction of sp³-hybridized carbons (Fsp3) is 0.519. The fourth-order valence-electron chi connectivity index (χ4n) is 5.31. The molecule has 0 aliphatic carbocycles. The minimum atomic E-state index is 0. The van der Waals surface area contributed by atoms with Gasteiger partial charge in [0.1, 0.15) is 12.6 Å². The Hall–Kier alpha value is -1.45. The predicted molar refractivity (Wildman–Crippen MR) is 122 cm³/mol. The lowest BCUT2D eigenvalue weighted by Crippen LogP contribution is -3.00. The predicted octanol–water partition coefficient (Wildman–Crippen LogP) is 2.96. The summed E-state index contributed by atoms with van der Waals surface area (Å²) in [5.41, 5.74) is 6.49. The van der Waals surface area contributed by atoms with E-state index in [1.807, 2.05) is 0 Å². The second-order valence-electron chi connectivity index (χ2n) is 8.99.